The number of aromatic nitrogens is 7. The predicted molar refractivity (Wildman–Crippen MR) is 112 cm³/mol. The van der Waals surface area contributed by atoms with Crippen molar-refractivity contribution in [3.8, 4) is 22.4 Å². The van der Waals surface area contributed by atoms with Gasteiger partial charge in [-0.15, -0.1) is 0 Å². The summed E-state index contributed by atoms with van der Waals surface area (Å²) in [6.07, 6.45) is 10.4. The van der Waals surface area contributed by atoms with E-state index in [1.165, 1.54) is 0 Å². The van der Waals surface area contributed by atoms with Crippen molar-refractivity contribution in [3.63, 3.8) is 0 Å². The quantitative estimate of drug-likeness (QED) is 0.364. The van der Waals surface area contributed by atoms with Crippen molar-refractivity contribution >= 4 is 17.0 Å². The molecule has 0 bridgehead atoms. The van der Waals surface area contributed by atoms with Crippen LogP contribution in [0.2, 0.25) is 0 Å². The summed E-state index contributed by atoms with van der Waals surface area (Å²) in [4.78, 5) is 20.4. The zero-order chi connectivity index (χ0) is 20.7. The lowest BCUT2D eigenvalue weighted by Gasteiger charge is -2.23. The second-order valence-electron chi connectivity index (χ2n) is 7.11. The number of pyridine rings is 2. The molecule has 0 aromatic carbocycles. The molecule has 5 aromatic rings. The zero-order valence-electron chi connectivity index (χ0n) is 16.0. The molecule has 1 unspecified atom stereocenters. The van der Waals surface area contributed by atoms with E-state index < -0.39 is 5.60 Å². The number of nitrogens with one attached hydrogen (secondary N) is 2. The fourth-order valence-corrected chi connectivity index (χ4v) is 3.46. The van der Waals surface area contributed by atoms with Crippen LogP contribution in [0.4, 0.5) is 5.95 Å². The highest BCUT2D eigenvalue weighted by Crippen LogP contribution is 2.33. The molecule has 5 heterocycles. The van der Waals surface area contributed by atoms with E-state index in [0.717, 1.165) is 27.7 Å². The van der Waals surface area contributed by atoms with Gasteiger partial charge in [-0.3, -0.25) is 10.1 Å². The molecule has 0 saturated heterocycles. The molecule has 30 heavy (non-hydrogen) atoms. The van der Waals surface area contributed by atoms with Crippen molar-refractivity contribution in [2.45, 2.75) is 12.5 Å². The van der Waals surface area contributed by atoms with Gasteiger partial charge >= 0.3 is 0 Å². The van der Waals surface area contributed by atoms with Crippen LogP contribution in [0.15, 0.2) is 61.4 Å². The van der Waals surface area contributed by atoms with Crippen molar-refractivity contribution in [2.24, 2.45) is 0 Å². The van der Waals surface area contributed by atoms with Crippen molar-refractivity contribution < 1.29 is 5.11 Å². The highest BCUT2D eigenvalue weighted by atomic mass is 16.3. The molecular formula is C21H18N8O. The number of H-pyrrole nitrogens is 2. The van der Waals surface area contributed by atoms with E-state index in [9.17, 15) is 5.11 Å². The Hall–Kier alpha value is -4.11. The van der Waals surface area contributed by atoms with Crippen LogP contribution in [0.1, 0.15) is 18.2 Å². The number of nitrogen functional groups attached to an aromatic ring is 1. The molecule has 5 N–H and O–H groups in total. The van der Waals surface area contributed by atoms with E-state index in [2.05, 4.69) is 35.1 Å². The van der Waals surface area contributed by atoms with Gasteiger partial charge in [0, 0.05) is 53.1 Å². The van der Waals surface area contributed by atoms with Crippen molar-refractivity contribution in [1.29, 1.82) is 0 Å². The molecule has 148 valence electrons. The molecule has 0 aliphatic heterocycles. The lowest BCUT2D eigenvalue weighted by atomic mass is 9.92. The highest BCUT2D eigenvalue weighted by molar-refractivity contribution is 5.95. The van der Waals surface area contributed by atoms with Gasteiger partial charge in [0.15, 0.2) is 0 Å². The molecule has 9 heteroatoms. The van der Waals surface area contributed by atoms with Gasteiger partial charge in [-0.05, 0) is 36.8 Å². The number of aliphatic hydroxyl groups is 1. The van der Waals surface area contributed by atoms with Gasteiger partial charge in [0.05, 0.1) is 17.6 Å². The molecule has 5 rings (SSSR count). The third-order valence-electron chi connectivity index (χ3n) is 5.12. The summed E-state index contributed by atoms with van der Waals surface area (Å²) in [6.45, 7) is 1.67. The number of nitrogens with two attached hydrogens (primary N) is 1. The van der Waals surface area contributed by atoms with E-state index in [4.69, 9.17) is 5.73 Å². The topological polar surface area (TPSA) is 142 Å². The van der Waals surface area contributed by atoms with Gasteiger partial charge in [0.1, 0.15) is 11.2 Å². The summed E-state index contributed by atoms with van der Waals surface area (Å²) in [5.74, 6) is 0.0742. The number of rotatable bonds is 4. The fraction of sp³-hybridized carbons (Fsp3) is 0.0952. The first-order chi connectivity index (χ1) is 14.5. The van der Waals surface area contributed by atoms with Crippen LogP contribution in [0.25, 0.3) is 33.4 Å². The standard InChI is InChI=1S/C21H18N8O/c1-21(30,14-2-4-23-5-3-14)18-7-17(28-20(22)29-18)16-11-25-19-15(16)6-12(8-24-19)13-9-26-27-10-13/h2-11,30H,1H3,(H,24,25)(H,26,27)(H2,22,28,29). The Bertz CT molecular complexity index is 1330. The van der Waals surface area contributed by atoms with E-state index >= 15 is 0 Å². The van der Waals surface area contributed by atoms with Gasteiger partial charge in [-0.1, -0.05) is 0 Å². The summed E-state index contributed by atoms with van der Waals surface area (Å²) in [5, 5.41) is 18.9. The first kappa shape index (κ1) is 18.0. The number of hydrogen-bond acceptors (Lipinski definition) is 7. The Labute approximate surface area is 171 Å². The average Bonchev–Trinajstić information content (AvgIpc) is 3.43. The second-order valence-corrected chi connectivity index (χ2v) is 7.11. The van der Waals surface area contributed by atoms with Gasteiger partial charge in [0.2, 0.25) is 5.95 Å². The molecule has 0 fully saturated rings. The van der Waals surface area contributed by atoms with E-state index in [-0.39, 0.29) is 5.95 Å². The van der Waals surface area contributed by atoms with Crippen LogP contribution in [0.5, 0.6) is 0 Å². The van der Waals surface area contributed by atoms with Gasteiger partial charge < -0.3 is 15.8 Å². The maximum atomic E-state index is 11.2. The van der Waals surface area contributed by atoms with Gasteiger partial charge in [-0.2, -0.15) is 5.10 Å². The number of fused-ring (bicyclic) bond motifs is 1. The minimum Gasteiger partial charge on any atom is -0.379 e. The summed E-state index contributed by atoms with van der Waals surface area (Å²) >= 11 is 0. The van der Waals surface area contributed by atoms with E-state index in [0.29, 0.717) is 17.0 Å². The van der Waals surface area contributed by atoms with Crippen LogP contribution in [-0.4, -0.2) is 40.2 Å². The Morgan fingerprint density at radius 3 is 2.63 bits per heavy atom. The molecule has 0 aliphatic carbocycles. The SMILES string of the molecule is CC(O)(c1ccncc1)c1cc(-c2c[nH]c3ncc(-c4cn[nH]c4)cc23)nc(N)n1. The van der Waals surface area contributed by atoms with Crippen LogP contribution < -0.4 is 5.73 Å². The van der Waals surface area contributed by atoms with Crippen LogP contribution in [0.3, 0.4) is 0 Å². The molecule has 9 nitrogen and oxygen atoms in total. The first-order valence-electron chi connectivity index (χ1n) is 9.27. The molecule has 5 aromatic heterocycles. The summed E-state index contributed by atoms with van der Waals surface area (Å²) < 4.78 is 0. The predicted octanol–water partition coefficient (Wildman–Crippen LogP) is 2.64. The van der Waals surface area contributed by atoms with E-state index in [1.807, 2.05) is 18.5 Å². The molecule has 0 amide bonds. The molecule has 0 saturated carbocycles. The van der Waals surface area contributed by atoms with E-state index in [1.54, 1.807) is 49.9 Å². The number of nitrogens with zero attached hydrogens (tertiary/aromatic N) is 5. The summed E-state index contributed by atoms with van der Waals surface area (Å²) in [7, 11) is 0. The lowest BCUT2D eigenvalue weighted by molar-refractivity contribution is 0.0974. The fourth-order valence-electron chi connectivity index (χ4n) is 3.46. The maximum absolute atomic E-state index is 11.2. The van der Waals surface area contributed by atoms with Gasteiger partial charge in [0.25, 0.3) is 0 Å². The lowest BCUT2D eigenvalue weighted by Crippen LogP contribution is -2.25. The largest absolute Gasteiger partial charge is 0.379 e. The third kappa shape index (κ3) is 2.97. The average molecular weight is 398 g/mol. The van der Waals surface area contributed by atoms with Crippen LogP contribution in [-0.2, 0) is 5.60 Å². The zero-order valence-corrected chi connectivity index (χ0v) is 16.0. The minimum absolute atomic E-state index is 0.0742. The molecule has 1 atom stereocenters. The summed E-state index contributed by atoms with van der Waals surface area (Å²) in [5.41, 5.74) is 9.66. The van der Waals surface area contributed by atoms with Gasteiger partial charge in [-0.25, -0.2) is 15.0 Å². The monoisotopic (exact) mass is 398 g/mol. The third-order valence-corrected chi connectivity index (χ3v) is 5.12. The molecule has 0 aliphatic rings. The number of anilines is 1. The Morgan fingerprint density at radius 2 is 1.87 bits per heavy atom. The van der Waals surface area contributed by atoms with Crippen LogP contribution >= 0.6 is 0 Å². The van der Waals surface area contributed by atoms with Crippen molar-refractivity contribution in [1.82, 2.24) is 35.1 Å². The Kier molecular flexibility index (Phi) is 4.04. The smallest absolute Gasteiger partial charge is 0.220 e. The highest BCUT2D eigenvalue weighted by Gasteiger charge is 2.29. The van der Waals surface area contributed by atoms with Crippen LogP contribution in [0, 0.1) is 0 Å². The molecular weight excluding hydrogens is 380 g/mol. The second kappa shape index (κ2) is 6.75. The Morgan fingerprint density at radius 1 is 1.03 bits per heavy atom. The van der Waals surface area contributed by atoms with Crippen molar-refractivity contribution in [3.05, 3.63) is 72.7 Å². The van der Waals surface area contributed by atoms with Crippen molar-refractivity contribution in [2.75, 3.05) is 5.73 Å². The first-order valence-corrected chi connectivity index (χ1v) is 9.27. The Balaban J connectivity index is 1.65. The minimum atomic E-state index is -1.36. The number of hydrogen-bond donors (Lipinski definition) is 4. The molecule has 0 radical (unpaired) electrons. The number of aromatic amines is 2. The summed E-state index contributed by atoms with van der Waals surface area (Å²) in [6, 6.07) is 7.23. The molecule has 0 spiro atoms. The normalized spacial score (nSPS) is 13.4. The maximum Gasteiger partial charge on any atom is 0.220 e.